The Hall–Kier alpha value is -2.43. The highest BCUT2D eigenvalue weighted by Gasteiger charge is 2.21. The zero-order chi connectivity index (χ0) is 22.7. The second-order valence-corrected chi connectivity index (χ2v) is 8.79. The van der Waals surface area contributed by atoms with Crippen LogP contribution in [0.1, 0.15) is 15.4 Å². The smallest absolute Gasteiger partial charge is 0.291 e. The summed E-state index contributed by atoms with van der Waals surface area (Å²) in [7, 11) is 0. The molecule has 0 atom stereocenters. The number of anilines is 2. The van der Waals surface area contributed by atoms with Gasteiger partial charge in [0.25, 0.3) is 5.91 Å². The van der Waals surface area contributed by atoms with E-state index in [-0.39, 0.29) is 26.6 Å². The van der Waals surface area contributed by atoms with Gasteiger partial charge in [0.2, 0.25) is 0 Å². The van der Waals surface area contributed by atoms with Crippen molar-refractivity contribution in [3.8, 4) is 11.3 Å². The summed E-state index contributed by atoms with van der Waals surface area (Å²) in [5.41, 5.74) is 9.69. The molecule has 0 unspecified atom stereocenters. The largest absolute Gasteiger partial charge is 0.396 e. The van der Waals surface area contributed by atoms with E-state index in [1.54, 1.807) is 0 Å². The van der Waals surface area contributed by atoms with Crippen LogP contribution in [0.25, 0.3) is 11.3 Å². The molecule has 1 aromatic carbocycles. The third-order valence-electron chi connectivity index (χ3n) is 4.61. The third kappa shape index (κ3) is 4.82. The van der Waals surface area contributed by atoms with E-state index >= 15 is 0 Å². The summed E-state index contributed by atoms with van der Waals surface area (Å²) in [6, 6.07) is 9.75. The highest BCUT2D eigenvalue weighted by molar-refractivity contribution is 7.17. The highest BCUT2D eigenvalue weighted by atomic mass is 35.5. The van der Waals surface area contributed by atoms with E-state index in [1.165, 1.54) is 17.6 Å². The molecule has 0 saturated carbocycles. The molecule has 0 bridgehead atoms. The molecule has 3 aromatic rings. The molecule has 1 saturated heterocycles. The van der Waals surface area contributed by atoms with E-state index in [0.717, 1.165) is 34.4 Å². The first-order chi connectivity index (χ1) is 15.5. The van der Waals surface area contributed by atoms with Crippen LogP contribution in [0.15, 0.2) is 35.4 Å². The van der Waals surface area contributed by atoms with E-state index in [2.05, 4.69) is 20.4 Å². The molecule has 4 rings (SSSR count). The van der Waals surface area contributed by atoms with Gasteiger partial charge in [-0.2, -0.15) is 5.10 Å². The Labute approximate surface area is 203 Å². The van der Waals surface area contributed by atoms with Gasteiger partial charge in [0.15, 0.2) is 16.0 Å². The van der Waals surface area contributed by atoms with Crippen molar-refractivity contribution in [3.05, 3.63) is 56.1 Å². The fraction of sp³-hybridized carbons (Fsp3) is 0.200. The van der Waals surface area contributed by atoms with E-state index in [9.17, 15) is 4.79 Å². The minimum atomic E-state index is -0.671. The standard InChI is InChI=1S/C20H17Cl3N6O2S/c21-13-15(24)14(22)18(23)26-17(13)19(30)28-25-10-12-16(11-4-2-1-3-5-11)27-20(32-12)29-6-8-31-9-7-29/h1-5,10H,6-9H2,(H2,24,26)(H,28,30)/b25-10+. The number of nitrogens with two attached hydrogens (primary N) is 1. The summed E-state index contributed by atoms with van der Waals surface area (Å²) in [5, 5.41) is 4.71. The van der Waals surface area contributed by atoms with Crippen LogP contribution in [0.3, 0.4) is 0 Å². The summed E-state index contributed by atoms with van der Waals surface area (Å²) >= 11 is 19.4. The molecule has 1 fully saturated rings. The van der Waals surface area contributed by atoms with Crippen molar-refractivity contribution < 1.29 is 9.53 Å². The van der Waals surface area contributed by atoms with Gasteiger partial charge in [-0.15, -0.1) is 0 Å². The lowest BCUT2D eigenvalue weighted by Gasteiger charge is -2.26. The number of nitrogen functional groups attached to an aromatic ring is 1. The number of thiazole rings is 1. The van der Waals surface area contributed by atoms with Crippen LogP contribution in [0.2, 0.25) is 15.2 Å². The number of nitrogens with one attached hydrogen (secondary N) is 1. The maximum Gasteiger partial charge on any atom is 0.291 e. The van der Waals surface area contributed by atoms with E-state index in [0.29, 0.717) is 13.2 Å². The lowest BCUT2D eigenvalue weighted by molar-refractivity contribution is 0.0950. The second-order valence-electron chi connectivity index (χ2n) is 6.67. The number of pyridine rings is 1. The average Bonchev–Trinajstić information content (AvgIpc) is 3.25. The van der Waals surface area contributed by atoms with E-state index in [4.69, 9.17) is 50.3 Å². The second kappa shape index (κ2) is 10.0. The van der Waals surface area contributed by atoms with Crippen LogP contribution in [-0.2, 0) is 4.74 Å². The van der Waals surface area contributed by atoms with Crippen LogP contribution < -0.4 is 16.1 Å². The molecule has 32 heavy (non-hydrogen) atoms. The van der Waals surface area contributed by atoms with Gasteiger partial charge in [0, 0.05) is 18.7 Å². The zero-order valence-corrected chi connectivity index (χ0v) is 19.6. The summed E-state index contributed by atoms with van der Waals surface area (Å²) in [6.45, 7) is 2.83. The molecule has 0 radical (unpaired) electrons. The molecule has 1 amide bonds. The number of rotatable bonds is 5. The number of carbonyl (C=O) groups is 1. The lowest BCUT2D eigenvalue weighted by Crippen LogP contribution is -2.36. The monoisotopic (exact) mass is 510 g/mol. The van der Waals surface area contributed by atoms with Gasteiger partial charge < -0.3 is 15.4 Å². The van der Waals surface area contributed by atoms with Crippen molar-refractivity contribution >= 4 is 69.1 Å². The Morgan fingerprint density at radius 3 is 2.59 bits per heavy atom. The van der Waals surface area contributed by atoms with Gasteiger partial charge in [-0.25, -0.2) is 15.4 Å². The number of hydrogen-bond donors (Lipinski definition) is 2. The lowest BCUT2D eigenvalue weighted by atomic mass is 10.1. The molecule has 12 heteroatoms. The van der Waals surface area contributed by atoms with E-state index < -0.39 is 5.91 Å². The average molecular weight is 512 g/mol. The Morgan fingerprint density at radius 2 is 1.88 bits per heavy atom. The van der Waals surface area contributed by atoms with Crippen molar-refractivity contribution in [2.75, 3.05) is 36.9 Å². The van der Waals surface area contributed by atoms with Crippen LogP contribution in [0.4, 0.5) is 10.8 Å². The highest BCUT2D eigenvalue weighted by Crippen LogP contribution is 2.34. The van der Waals surface area contributed by atoms with Crippen LogP contribution >= 0.6 is 46.1 Å². The number of hydrazone groups is 1. The van der Waals surface area contributed by atoms with Crippen molar-refractivity contribution in [1.29, 1.82) is 0 Å². The Kier molecular flexibility index (Phi) is 7.12. The maximum atomic E-state index is 12.5. The quantitative estimate of drug-likeness (QED) is 0.300. The first-order valence-electron chi connectivity index (χ1n) is 9.48. The molecule has 3 N–H and O–H groups in total. The minimum Gasteiger partial charge on any atom is -0.396 e. The molecule has 1 aliphatic rings. The first-order valence-corrected chi connectivity index (χ1v) is 11.4. The Bertz CT molecular complexity index is 1170. The van der Waals surface area contributed by atoms with Crippen LogP contribution in [0, 0.1) is 0 Å². The van der Waals surface area contributed by atoms with E-state index in [1.807, 2.05) is 30.3 Å². The fourth-order valence-corrected chi connectivity index (χ4v) is 4.59. The predicted octanol–water partition coefficient (Wildman–Crippen LogP) is 4.35. The normalized spacial score (nSPS) is 14.2. The van der Waals surface area contributed by atoms with Crippen molar-refractivity contribution in [2.45, 2.75) is 0 Å². The molecule has 2 aromatic heterocycles. The number of amides is 1. The number of morpholine rings is 1. The third-order valence-corrected chi connectivity index (χ3v) is 6.79. The molecule has 3 heterocycles. The van der Waals surface area contributed by atoms with Gasteiger partial charge in [-0.3, -0.25) is 4.79 Å². The first kappa shape index (κ1) is 22.8. The van der Waals surface area contributed by atoms with Crippen LogP contribution in [-0.4, -0.2) is 48.4 Å². The minimum absolute atomic E-state index is 0.00970. The van der Waals surface area contributed by atoms with Crippen molar-refractivity contribution in [3.63, 3.8) is 0 Å². The molecule has 0 aliphatic carbocycles. The molecule has 166 valence electrons. The molecule has 1 aliphatic heterocycles. The fourth-order valence-electron chi connectivity index (χ4n) is 2.98. The predicted molar refractivity (Wildman–Crippen MR) is 129 cm³/mol. The zero-order valence-electron chi connectivity index (χ0n) is 16.5. The number of nitrogens with zero attached hydrogens (tertiary/aromatic N) is 4. The molecule has 0 spiro atoms. The maximum absolute atomic E-state index is 12.5. The molecular formula is C20H17Cl3N6O2S. The van der Waals surface area contributed by atoms with Crippen LogP contribution in [0.5, 0.6) is 0 Å². The topological polar surface area (TPSA) is 106 Å². The summed E-state index contributed by atoms with van der Waals surface area (Å²) < 4.78 is 5.43. The van der Waals surface area contributed by atoms with Gasteiger partial charge in [-0.05, 0) is 0 Å². The van der Waals surface area contributed by atoms with Gasteiger partial charge in [-0.1, -0.05) is 76.5 Å². The summed E-state index contributed by atoms with van der Waals surface area (Å²) in [4.78, 5) is 24.2. The van der Waals surface area contributed by atoms with Gasteiger partial charge in [0.1, 0.15) is 5.02 Å². The SMILES string of the molecule is Nc1c(Cl)c(Cl)nc(C(=O)N/N=C/c2sc(N3CCOCC3)nc2-c2ccccc2)c1Cl. The van der Waals surface area contributed by atoms with Gasteiger partial charge in [0.05, 0.1) is 40.7 Å². The molecule has 8 nitrogen and oxygen atoms in total. The number of benzene rings is 1. The number of aromatic nitrogens is 2. The number of carbonyl (C=O) groups excluding carboxylic acids is 1. The number of halogens is 3. The number of ether oxygens (including phenoxy) is 1. The number of hydrogen-bond acceptors (Lipinski definition) is 8. The summed E-state index contributed by atoms with van der Waals surface area (Å²) in [6.07, 6.45) is 1.54. The molecular weight excluding hydrogens is 495 g/mol. The van der Waals surface area contributed by atoms with Crippen molar-refractivity contribution in [2.24, 2.45) is 5.10 Å². The Balaban J connectivity index is 1.59. The Morgan fingerprint density at radius 1 is 1.16 bits per heavy atom. The van der Waals surface area contributed by atoms with Gasteiger partial charge >= 0.3 is 0 Å². The summed E-state index contributed by atoms with van der Waals surface area (Å²) in [5.74, 6) is -0.671. The van der Waals surface area contributed by atoms with Crippen molar-refractivity contribution in [1.82, 2.24) is 15.4 Å².